The molecular weight excluding hydrogens is 223 g/mol. The predicted octanol–water partition coefficient (Wildman–Crippen LogP) is 3.11. The molecule has 0 unspecified atom stereocenters. The van der Waals surface area contributed by atoms with Gasteiger partial charge < -0.3 is 9.05 Å². The summed E-state index contributed by atoms with van der Waals surface area (Å²) in [4.78, 5) is 0. The maximum absolute atomic E-state index is 12.6. The number of hydrogen-bond donors (Lipinski definition) is 0. The van der Waals surface area contributed by atoms with E-state index < -0.39 is 7.60 Å². The van der Waals surface area contributed by atoms with E-state index in [-0.39, 0.29) is 12.2 Å². The Morgan fingerprint density at radius 2 is 1.56 bits per heavy atom. The van der Waals surface area contributed by atoms with Crippen molar-refractivity contribution < 1.29 is 13.6 Å². The lowest BCUT2D eigenvalue weighted by atomic mass is 10.1. The zero-order valence-electron chi connectivity index (χ0n) is 9.63. The van der Waals surface area contributed by atoms with E-state index >= 15 is 0 Å². The molecule has 1 fully saturated rings. The van der Waals surface area contributed by atoms with Crippen molar-refractivity contribution in [1.82, 2.24) is 0 Å². The molecule has 1 aliphatic rings. The van der Waals surface area contributed by atoms with Gasteiger partial charge in [-0.15, -0.1) is 0 Å². The fraction of sp³-hybridized carbons (Fsp3) is 0.500. The van der Waals surface area contributed by atoms with Crippen LogP contribution in [0.2, 0.25) is 0 Å². The van der Waals surface area contributed by atoms with Gasteiger partial charge in [-0.05, 0) is 38.8 Å². The van der Waals surface area contributed by atoms with E-state index in [0.717, 1.165) is 12.8 Å². The van der Waals surface area contributed by atoms with E-state index in [9.17, 15) is 4.57 Å². The Kier molecular flexibility index (Phi) is 3.48. The van der Waals surface area contributed by atoms with Crippen molar-refractivity contribution in [2.24, 2.45) is 0 Å². The third-order valence-corrected chi connectivity index (χ3v) is 4.90. The number of benzene rings is 1. The van der Waals surface area contributed by atoms with Gasteiger partial charge >= 0.3 is 7.60 Å². The average molecular weight is 240 g/mol. The van der Waals surface area contributed by atoms with E-state index in [1.165, 1.54) is 0 Å². The molecule has 0 radical (unpaired) electrons. The molecule has 0 saturated carbocycles. The van der Waals surface area contributed by atoms with Crippen LogP contribution >= 0.6 is 7.60 Å². The Labute approximate surface area is 96.3 Å². The smallest absolute Gasteiger partial charge is 0.302 e. The summed E-state index contributed by atoms with van der Waals surface area (Å²) in [6.07, 6.45) is 1.74. The van der Waals surface area contributed by atoms with E-state index in [0.29, 0.717) is 5.30 Å². The van der Waals surface area contributed by atoms with Crippen LogP contribution in [0.25, 0.3) is 0 Å². The summed E-state index contributed by atoms with van der Waals surface area (Å²) in [5.74, 6) is 0. The summed E-state index contributed by atoms with van der Waals surface area (Å²) in [6, 6.07) is 9.18. The molecule has 88 valence electrons. The number of rotatable bonds is 1. The summed E-state index contributed by atoms with van der Waals surface area (Å²) in [7, 11) is -3.12. The van der Waals surface area contributed by atoms with Crippen molar-refractivity contribution in [2.45, 2.75) is 38.9 Å². The third-order valence-electron chi connectivity index (χ3n) is 2.69. The molecule has 16 heavy (non-hydrogen) atoms. The van der Waals surface area contributed by atoms with Crippen molar-refractivity contribution in [3.05, 3.63) is 30.3 Å². The van der Waals surface area contributed by atoms with Crippen LogP contribution in [0.3, 0.4) is 0 Å². The first-order valence-corrected chi connectivity index (χ1v) is 7.17. The van der Waals surface area contributed by atoms with Crippen LogP contribution in [0.1, 0.15) is 26.7 Å². The van der Waals surface area contributed by atoms with Gasteiger partial charge in [0.25, 0.3) is 0 Å². The molecule has 2 rings (SSSR count). The first-order chi connectivity index (χ1) is 7.60. The normalized spacial score (nSPS) is 29.6. The average Bonchev–Trinajstić information content (AvgIpc) is 2.40. The molecule has 2 atom stereocenters. The van der Waals surface area contributed by atoms with Crippen LogP contribution in [0.4, 0.5) is 0 Å². The summed E-state index contributed by atoms with van der Waals surface area (Å²) >= 11 is 0. The van der Waals surface area contributed by atoms with Crippen molar-refractivity contribution in [1.29, 1.82) is 0 Å². The second-order valence-electron chi connectivity index (χ2n) is 4.24. The molecule has 1 aliphatic heterocycles. The zero-order valence-corrected chi connectivity index (χ0v) is 10.5. The Bertz CT molecular complexity index is 375. The van der Waals surface area contributed by atoms with Crippen LogP contribution in [-0.4, -0.2) is 12.2 Å². The molecule has 0 aromatic heterocycles. The minimum atomic E-state index is -3.12. The van der Waals surface area contributed by atoms with E-state index in [1.54, 1.807) is 12.1 Å². The lowest BCUT2D eigenvalue weighted by molar-refractivity contribution is 0.175. The van der Waals surface area contributed by atoms with Gasteiger partial charge in [0.2, 0.25) is 0 Å². The first kappa shape index (κ1) is 11.8. The lowest BCUT2D eigenvalue weighted by Crippen LogP contribution is -2.14. The highest BCUT2D eigenvalue weighted by molar-refractivity contribution is 7.62. The molecule has 3 nitrogen and oxygen atoms in total. The second kappa shape index (κ2) is 4.70. The van der Waals surface area contributed by atoms with Gasteiger partial charge in [0.15, 0.2) is 0 Å². The Hall–Kier alpha value is -0.630. The summed E-state index contributed by atoms with van der Waals surface area (Å²) in [5, 5.41) is 0.649. The van der Waals surface area contributed by atoms with Gasteiger partial charge in [-0.25, -0.2) is 0 Å². The quantitative estimate of drug-likeness (QED) is 0.707. The highest BCUT2D eigenvalue weighted by atomic mass is 31.2. The zero-order chi connectivity index (χ0) is 11.6. The van der Waals surface area contributed by atoms with Crippen molar-refractivity contribution in [3.63, 3.8) is 0 Å². The molecule has 0 N–H and O–H groups in total. The molecule has 1 heterocycles. The topological polar surface area (TPSA) is 35.5 Å². The summed E-state index contributed by atoms with van der Waals surface area (Å²) in [5.41, 5.74) is 0. The standard InChI is InChI=1S/C12H17O3P/c1-10-8-9-11(2)15-16(13,14-10)12-6-4-3-5-7-12/h3-7,10-11H,8-9H2,1-2H3/t10-,11-/m1/s1. The van der Waals surface area contributed by atoms with Crippen LogP contribution in [0.5, 0.6) is 0 Å². The third kappa shape index (κ3) is 2.54. The first-order valence-electron chi connectivity index (χ1n) is 5.62. The van der Waals surface area contributed by atoms with Crippen LogP contribution in [-0.2, 0) is 13.6 Å². The maximum Gasteiger partial charge on any atom is 0.361 e. The van der Waals surface area contributed by atoms with Crippen LogP contribution in [0.15, 0.2) is 30.3 Å². The van der Waals surface area contributed by atoms with Gasteiger partial charge in [-0.3, -0.25) is 4.57 Å². The Balaban J connectivity index is 2.32. The molecule has 1 aromatic carbocycles. The van der Waals surface area contributed by atoms with Crippen LogP contribution < -0.4 is 5.30 Å². The molecular formula is C12H17O3P. The molecule has 1 saturated heterocycles. The fourth-order valence-electron chi connectivity index (χ4n) is 1.81. The molecule has 0 aliphatic carbocycles. The minimum absolute atomic E-state index is 0.0176. The largest absolute Gasteiger partial charge is 0.361 e. The molecule has 4 heteroatoms. The summed E-state index contributed by atoms with van der Waals surface area (Å²) in [6.45, 7) is 3.88. The van der Waals surface area contributed by atoms with Gasteiger partial charge in [-0.1, -0.05) is 18.2 Å². The lowest BCUT2D eigenvalue weighted by Gasteiger charge is -2.20. The van der Waals surface area contributed by atoms with Gasteiger partial charge in [0, 0.05) is 0 Å². The second-order valence-corrected chi connectivity index (χ2v) is 6.18. The maximum atomic E-state index is 12.6. The molecule has 0 spiro atoms. The Morgan fingerprint density at radius 1 is 1.06 bits per heavy atom. The monoisotopic (exact) mass is 240 g/mol. The minimum Gasteiger partial charge on any atom is -0.302 e. The molecule has 0 amide bonds. The van der Waals surface area contributed by atoms with Gasteiger partial charge in [0.1, 0.15) is 0 Å². The van der Waals surface area contributed by atoms with E-state index in [2.05, 4.69) is 0 Å². The van der Waals surface area contributed by atoms with Gasteiger partial charge in [0.05, 0.1) is 17.5 Å². The molecule has 1 aromatic rings. The number of hydrogen-bond acceptors (Lipinski definition) is 3. The van der Waals surface area contributed by atoms with Crippen molar-refractivity contribution in [3.8, 4) is 0 Å². The fourth-order valence-corrected chi connectivity index (χ4v) is 3.79. The Morgan fingerprint density at radius 3 is 2.06 bits per heavy atom. The molecule has 0 bridgehead atoms. The van der Waals surface area contributed by atoms with Crippen molar-refractivity contribution in [2.75, 3.05) is 0 Å². The highest BCUT2D eigenvalue weighted by Crippen LogP contribution is 2.51. The van der Waals surface area contributed by atoms with Crippen LogP contribution in [0, 0.1) is 0 Å². The van der Waals surface area contributed by atoms with Crippen molar-refractivity contribution >= 4 is 12.9 Å². The van der Waals surface area contributed by atoms with Gasteiger partial charge in [-0.2, -0.15) is 0 Å². The highest BCUT2D eigenvalue weighted by Gasteiger charge is 2.34. The summed E-state index contributed by atoms with van der Waals surface area (Å²) < 4.78 is 23.8. The predicted molar refractivity (Wildman–Crippen MR) is 64.0 cm³/mol. The van der Waals surface area contributed by atoms with E-state index in [4.69, 9.17) is 9.05 Å². The SMILES string of the molecule is C[C@@H]1CC[C@@H](C)OP(=O)(c2ccccc2)O1. The van der Waals surface area contributed by atoms with E-state index in [1.807, 2.05) is 32.0 Å².